The number of nitrogens with zero attached hydrogens (tertiary/aromatic N) is 1. The number of carbonyl (C=O) groups is 1. The van der Waals surface area contributed by atoms with Crippen LogP contribution in [-0.4, -0.2) is 34.3 Å². The van der Waals surface area contributed by atoms with Crippen molar-refractivity contribution in [2.24, 2.45) is 0 Å². The van der Waals surface area contributed by atoms with Crippen LogP contribution in [-0.2, 0) is 4.79 Å². The van der Waals surface area contributed by atoms with Crippen LogP contribution in [0.1, 0.15) is 26.2 Å². The Morgan fingerprint density at radius 1 is 1.22 bits per heavy atom. The average Bonchev–Trinajstić information content (AvgIpc) is 2.41. The molecule has 1 aromatic carbocycles. The van der Waals surface area contributed by atoms with E-state index in [0.717, 1.165) is 30.8 Å². The number of phenolic OH excluding ortho intramolecular Hbond substituents is 1. The van der Waals surface area contributed by atoms with Crippen LogP contribution in [0.2, 0.25) is 0 Å². The van der Waals surface area contributed by atoms with E-state index in [4.69, 9.17) is 0 Å². The molecule has 1 saturated heterocycles. The van der Waals surface area contributed by atoms with Crippen molar-refractivity contribution >= 4 is 17.7 Å². The minimum Gasteiger partial charge on any atom is -0.508 e. The van der Waals surface area contributed by atoms with Gasteiger partial charge in [0.2, 0.25) is 5.91 Å². The number of carbonyl (C=O) groups excluding carboxylic acids is 1. The lowest BCUT2D eigenvalue weighted by Gasteiger charge is -2.29. The lowest BCUT2D eigenvalue weighted by Crippen LogP contribution is -2.40. The van der Waals surface area contributed by atoms with Gasteiger partial charge in [0.05, 0.1) is 5.25 Å². The fraction of sp³-hybridized carbons (Fsp3) is 0.500. The van der Waals surface area contributed by atoms with Crippen molar-refractivity contribution in [1.29, 1.82) is 0 Å². The molecule has 1 unspecified atom stereocenters. The number of benzene rings is 1. The van der Waals surface area contributed by atoms with Gasteiger partial charge in [0.1, 0.15) is 5.75 Å². The van der Waals surface area contributed by atoms with E-state index in [1.165, 1.54) is 6.42 Å². The highest BCUT2D eigenvalue weighted by Gasteiger charge is 2.22. The number of aromatic hydroxyl groups is 1. The topological polar surface area (TPSA) is 40.5 Å². The fourth-order valence-electron chi connectivity index (χ4n) is 2.15. The van der Waals surface area contributed by atoms with E-state index in [0.29, 0.717) is 0 Å². The molecule has 0 aromatic heterocycles. The quantitative estimate of drug-likeness (QED) is 0.854. The molecule has 1 N–H and O–H groups in total. The van der Waals surface area contributed by atoms with E-state index in [2.05, 4.69) is 0 Å². The second-order valence-corrected chi connectivity index (χ2v) is 6.05. The molecule has 0 aliphatic carbocycles. The zero-order valence-corrected chi connectivity index (χ0v) is 11.4. The summed E-state index contributed by atoms with van der Waals surface area (Å²) in [6.45, 7) is 3.76. The van der Waals surface area contributed by atoms with Gasteiger partial charge in [-0.2, -0.15) is 0 Å². The molecule has 98 valence electrons. The van der Waals surface area contributed by atoms with E-state index < -0.39 is 0 Å². The Balaban J connectivity index is 1.92. The third-order valence-electron chi connectivity index (χ3n) is 3.17. The SMILES string of the molecule is CC(Sc1ccc(O)cc1)C(=O)N1CCCCC1. The number of thioether (sulfide) groups is 1. The molecular weight excluding hydrogens is 246 g/mol. The minimum absolute atomic E-state index is 0.0624. The molecule has 2 rings (SSSR count). The van der Waals surface area contributed by atoms with Gasteiger partial charge in [0.25, 0.3) is 0 Å². The summed E-state index contributed by atoms with van der Waals surface area (Å²) >= 11 is 1.55. The molecule has 1 atom stereocenters. The first-order valence-electron chi connectivity index (χ1n) is 6.41. The Hall–Kier alpha value is -1.16. The van der Waals surface area contributed by atoms with Crippen molar-refractivity contribution in [3.05, 3.63) is 24.3 Å². The standard InChI is InChI=1S/C14H19NO2S/c1-11(14(17)15-9-3-2-4-10-15)18-13-7-5-12(16)6-8-13/h5-8,11,16H,2-4,9-10H2,1H3. The molecule has 18 heavy (non-hydrogen) atoms. The van der Waals surface area contributed by atoms with Crippen molar-refractivity contribution < 1.29 is 9.90 Å². The highest BCUT2D eigenvalue weighted by atomic mass is 32.2. The van der Waals surface area contributed by atoms with Crippen molar-refractivity contribution in [3.63, 3.8) is 0 Å². The Bertz CT molecular complexity index is 399. The monoisotopic (exact) mass is 265 g/mol. The Kier molecular flexibility index (Phi) is 4.53. The highest BCUT2D eigenvalue weighted by molar-refractivity contribution is 8.00. The van der Waals surface area contributed by atoms with Gasteiger partial charge in [-0.25, -0.2) is 0 Å². The number of likely N-dealkylation sites (tertiary alicyclic amines) is 1. The number of amides is 1. The van der Waals surface area contributed by atoms with Gasteiger partial charge in [-0.1, -0.05) is 0 Å². The van der Waals surface area contributed by atoms with Crippen LogP contribution in [0.25, 0.3) is 0 Å². The van der Waals surface area contributed by atoms with Crippen LogP contribution in [0.4, 0.5) is 0 Å². The molecule has 0 spiro atoms. The van der Waals surface area contributed by atoms with Crippen LogP contribution >= 0.6 is 11.8 Å². The zero-order chi connectivity index (χ0) is 13.0. The summed E-state index contributed by atoms with van der Waals surface area (Å²) in [6, 6.07) is 7.00. The maximum Gasteiger partial charge on any atom is 0.235 e. The third-order valence-corrected chi connectivity index (χ3v) is 4.26. The molecule has 0 radical (unpaired) electrons. The number of phenols is 1. The first-order chi connectivity index (χ1) is 8.66. The lowest BCUT2D eigenvalue weighted by molar-refractivity contribution is -0.131. The van der Waals surface area contributed by atoms with Gasteiger partial charge in [0.15, 0.2) is 0 Å². The van der Waals surface area contributed by atoms with E-state index in [9.17, 15) is 9.90 Å². The Morgan fingerprint density at radius 2 is 1.83 bits per heavy atom. The number of hydrogen-bond donors (Lipinski definition) is 1. The van der Waals surface area contributed by atoms with Crippen LogP contribution < -0.4 is 0 Å². The van der Waals surface area contributed by atoms with E-state index >= 15 is 0 Å². The Morgan fingerprint density at radius 3 is 2.44 bits per heavy atom. The summed E-state index contributed by atoms with van der Waals surface area (Å²) in [5, 5.41) is 9.16. The van der Waals surface area contributed by atoms with Crippen LogP contribution in [0.3, 0.4) is 0 Å². The summed E-state index contributed by atoms with van der Waals surface area (Å²) in [7, 11) is 0. The fourth-order valence-corrected chi connectivity index (χ4v) is 3.10. The normalized spacial score (nSPS) is 17.5. The van der Waals surface area contributed by atoms with Crippen LogP contribution in [0.15, 0.2) is 29.2 Å². The summed E-state index contributed by atoms with van der Waals surface area (Å²) in [5.74, 6) is 0.488. The van der Waals surface area contributed by atoms with Gasteiger partial charge in [0, 0.05) is 18.0 Å². The van der Waals surface area contributed by atoms with Gasteiger partial charge >= 0.3 is 0 Å². The summed E-state index contributed by atoms with van der Waals surface area (Å²) in [4.78, 5) is 15.2. The second kappa shape index (κ2) is 6.14. The molecule has 1 fully saturated rings. The van der Waals surface area contributed by atoms with Crippen LogP contribution in [0.5, 0.6) is 5.75 Å². The molecule has 1 aliphatic rings. The van der Waals surface area contributed by atoms with Crippen molar-refractivity contribution in [2.45, 2.75) is 36.3 Å². The van der Waals surface area contributed by atoms with Crippen molar-refractivity contribution in [1.82, 2.24) is 4.90 Å². The summed E-state index contributed by atoms with van der Waals surface area (Å²) in [6.07, 6.45) is 3.49. The Labute approximate surface area is 112 Å². The molecule has 4 heteroatoms. The first kappa shape index (κ1) is 13.3. The molecule has 0 bridgehead atoms. The zero-order valence-electron chi connectivity index (χ0n) is 10.6. The maximum absolute atomic E-state index is 12.2. The summed E-state index contributed by atoms with van der Waals surface area (Å²) < 4.78 is 0. The molecular formula is C14H19NO2S. The van der Waals surface area contributed by atoms with Crippen LogP contribution in [0, 0.1) is 0 Å². The highest BCUT2D eigenvalue weighted by Crippen LogP contribution is 2.26. The molecule has 3 nitrogen and oxygen atoms in total. The smallest absolute Gasteiger partial charge is 0.235 e. The van der Waals surface area contributed by atoms with Gasteiger partial charge < -0.3 is 10.0 Å². The van der Waals surface area contributed by atoms with Gasteiger partial charge in [-0.05, 0) is 50.5 Å². The number of hydrogen-bond acceptors (Lipinski definition) is 3. The maximum atomic E-state index is 12.2. The summed E-state index contributed by atoms with van der Waals surface area (Å²) in [5.41, 5.74) is 0. The average molecular weight is 265 g/mol. The number of piperidine rings is 1. The largest absolute Gasteiger partial charge is 0.508 e. The van der Waals surface area contributed by atoms with Crippen molar-refractivity contribution in [3.8, 4) is 5.75 Å². The molecule has 1 aliphatic heterocycles. The first-order valence-corrected chi connectivity index (χ1v) is 7.29. The molecule has 0 saturated carbocycles. The number of rotatable bonds is 3. The molecule has 1 aromatic rings. The predicted molar refractivity (Wildman–Crippen MR) is 73.9 cm³/mol. The van der Waals surface area contributed by atoms with Gasteiger partial charge in [-0.3, -0.25) is 4.79 Å². The predicted octanol–water partition coefficient (Wildman–Crippen LogP) is 2.89. The van der Waals surface area contributed by atoms with E-state index in [1.807, 2.05) is 24.0 Å². The lowest BCUT2D eigenvalue weighted by atomic mass is 10.1. The molecule has 1 heterocycles. The minimum atomic E-state index is -0.0624. The third kappa shape index (κ3) is 3.42. The van der Waals surface area contributed by atoms with Gasteiger partial charge in [-0.15, -0.1) is 11.8 Å². The second-order valence-electron chi connectivity index (χ2n) is 4.64. The van der Waals surface area contributed by atoms with E-state index in [1.54, 1.807) is 23.9 Å². The van der Waals surface area contributed by atoms with E-state index in [-0.39, 0.29) is 16.9 Å². The molecule has 1 amide bonds. The van der Waals surface area contributed by atoms with Crippen molar-refractivity contribution in [2.75, 3.05) is 13.1 Å².